The number of rotatable bonds is 5. The van der Waals surface area contributed by atoms with Gasteiger partial charge in [-0.1, -0.05) is 0 Å². The Kier molecular flexibility index (Phi) is 4.81. The Bertz CT molecular complexity index is 170. The van der Waals surface area contributed by atoms with Gasteiger partial charge in [0, 0.05) is 0 Å². The molecule has 0 fully saturated rings. The van der Waals surface area contributed by atoms with Gasteiger partial charge in [-0.2, -0.15) is 0 Å². The molecule has 0 aromatic carbocycles. The number of aliphatic hydroxyl groups is 5. The summed E-state index contributed by atoms with van der Waals surface area (Å²) in [5.74, 6) is -1.73. The molecule has 0 aliphatic rings. The molecule has 0 heterocycles. The number of carboxylic acid groups (broad SMARTS) is 1. The molecule has 0 radical (unpaired) electrons. The average molecular weight is 197 g/mol. The van der Waals surface area contributed by atoms with E-state index in [0.717, 1.165) is 0 Å². The maximum Gasteiger partial charge on any atom is 0.335 e. The molecule has 0 aliphatic carbocycles. The number of aliphatic hydroxyl groups excluding tert-OH is 5. The molecule has 0 saturated carbocycles. The van der Waals surface area contributed by atoms with Crippen molar-refractivity contribution in [3.63, 3.8) is 0 Å². The lowest BCUT2D eigenvalue weighted by molar-refractivity contribution is -0.164. The summed E-state index contributed by atoms with van der Waals surface area (Å²) in [4.78, 5) is 10.1. The van der Waals surface area contributed by atoms with Crippen LogP contribution in [0, 0.1) is 0 Å². The third-order valence-corrected chi connectivity index (χ3v) is 1.51. The van der Waals surface area contributed by atoms with Crippen molar-refractivity contribution in [1.82, 2.24) is 0 Å². The number of carbonyl (C=O) groups is 1. The van der Waals surface area contributed by atoms with E-state index in [1.165, 1.54) is 0 Å². The summed E-state index contributed by atoms with van der Waals surface area (Å²) in [6, 6.07) is 0. The van der Waals surface area contributed by atoms with E-state index in [0.29, 0.717) is 0 Å². The van der Waals surface area contributed by atoms with Crippen LogP contribution >= 0.6 is 0 Å². The van der Waals surface area contributed by atoms with Crippen LogP contribution in [0.4, 0.5) is 0 Å². The standard InChI is InChI=1S/C6H12O7/c7-1-2(8)3(9)4(10)5(11)6(12)13/h2-5,7-11H,1H2,(H,12,13)/t2-,3-,4+,5-/m1/s1/i6+1. The van der Waals surface area contributed by atoms with Crippen LogP contribution in [-0.2, 0) is 4.79 Å². The highest BCUT2D eigenvalue weighted by atomic mass is 16.5. The van der Waals surface area contributed by atoms with Crippen molar-refractivity contribution in [2.24, 2.45) is 0 Å². The molecule has 6 N–H and O–H groups in total. The second-order valence-electron chi connectivity index (χ2n) is 2.51. The Morgan fingerprint density at radius 3 is 1.85 bits per heavy atom. The monoisotopic (exact) mass is 197 g/mol. The van der Waals surface area contributed by atoms with Crippen LogP contribution < -0.4 is 0 Å². The number of hydrogen-bond acceptors (Lipinski definition) is 6. The summed E-state index contributed by atoms with van der Waals surface area (Å²) in [6.45, 7) is -0.843. The SMILES string of the molecule is O=[13C](O)[C@H](O)[C@@H](O)[C@H](O)[C@H](O)CO. The Morgan fingerprint density at radius 2 is 1.54 bits per heavy atom. The van der Waals surface area contributed by atoms with Crippen LogP contribution in [0.15, 0.2) is 0 Å². The molecule has 0 aromatic rings. The Balaban J connectivity index is 4.24. The molecule has 0 bridgehead atoms. The Morgan fingerprint density at radius 1 is 1.08 bits per heavy atom. The molecule has 7 nitrogen and oxygen atoms in total. The summed E-state index contributed by atoms with van der Waals surface area (Å²) in [7, 11) is 0. The fourth-order valence-corrected chi connectivity index (χ4v) is 0.668. The predicted octanol–water partition coefficient (Wildman–Crippen LogP) is -3.49. The van der Waals surface area contributed by atoms with Gasteiger partial charge in [-0.25, -0.2) is 4.79 Å². The van der Waals surface area contributed by atoms with Crippen LogP contribution in [0.1, 0.15) is 0 Å². The van der Waals surface area contributed by atoms with Gasteiger partial charge in [-0.3, -0.25) is 0 Å². The minimum Gasteiger partial charge on any atom is -0.479 e. The molecule has 0 saturated heterocycles. The topological polar surface area (TPSA) is 138 Å². The lowest BCUT2D eigenvalue weighted by Gasteiger charge is -2.23. The predicted molar refractivity (Wildman–Crippen MR) is 38.7 cm³/mol. The number of carboxylic acids is 1. The normalized spacial score (nSPS) is 20.4. The summed E-state index contributed by atoms with van der Waals surface area (Å²) in [6.07, 6.45) is -7.84. The molecule has 0 aromatic heterocycles. The number of aliphatic carboxylic acids is 1. The lowest BCUT2D eigenvalue weighted by atomic mass is 10.1. The molecule has 78 valence electrons. The van der Waals surface area contributed by atoms with Crippen molar-refractivity contribution in [2.45, 2.75) is 24.4 Å². The molecule has 0 aliphatic heterocycles. The minimum atomic E-state index is -2.20. The van der Waals surface area contributed by atoms with Crippen LogP contribution in [0.3, 0.4) is 0 Å². The van der Waals surface area contributed by atoms with Crippen LogP contribution in [0.2, 0.25) is 0 Å². The third-order valence-electron chi connectivity index (χ3n) is 1.51. The Hall–Kier alpha value is -0.730. The molecule has 13 heavy (non-hydrogen) atoms. The molecule has 0 spiro atoms. The average Bonchev–Trinajstić information content (AvgIpc) is 2.12. The van der Waals surface area contributed by atoms with Gasteiger partial charge >= 0.3 is 5.97 Å². The molecule has 4 atom stereocenters. The van der Waals surface area contributed by atoms with E-state index in [1.54, 1.807) is 0 Å². The highest BCUT2D eigenvalue weighted by molar-refractivity contribution is 5.72. The van der Waals surface area contributed by atoms with E-state index in [1.807, 2.05) is 0 Å². The van der Waals surface area contributed by atoms with Crippen LogP contribution in [0.5, 0.6) is 0 Å². The highest BCUT2D eigenvalue weighted by Crippen LogP contribution is 2.04. The number of hydrogen-bond donors (Lipinski definition) is 6. The van der Waals surface area contributed by atoms with E-state index in [-0.39, 0.29) is 0 Å². The van der Waals surface area contributed by atoms with Gasteiger partial charge in [0.05, 0.1) is 6.61 Å². The van der Waals surface area contributed by atoms with Crippen molar-refractivity contribution < 1.29 is 35.4 Å². The Labute approximate surface area is 73.5 Å². The van der Waals surface area contributed by atoms with Gasteiger partial charge in [0.15, 0.2) is 6.10 Å². The quantitative estimate of drug-likeness (QED) is 0.251. The third kappa shape index (κ3) is 3.25. The minimum absolute atomic E-state index is 0.843. The van der Waals surface area contributed by atoms with Gasteiger partial charge in [0.2, 0.25) is 0 Å². The zero-order valence-corrected chi connectivity index (χ0v) is 6.61. The highest BCUT2D eigenvalue weighted by Gasteiger charge is 2.33. The first-order valence-electron chi connectivity index (χ1n) is 3.47. The van der Waals surface area contributed by atoms with E-state index in [4.69, 9.17) is 30.6 Å². The molecular weight excluding hydrogens is 185 g/mol. The van der Waals surface area contributed by atoms with Gasteiger partial charge in [0.25, 0.3) is 0 Å². The fourth-order valence-electron chi connectivity index (χ4n) is 0.668. The van der Waals surface area contributed by atoms with Gasteiger partial charge < -0.3 is 30.6 Å². The van der Waals surface area contributed by atoms with E-state index in [9.17, 15) is 4.79 Å². The molecule has 0 amide bonds. The van der Waals surface area contributed by atoms with Crippen LogP contribution in [-0.4, -0.2) is 67.6 Å². The van der Waals surface area contributed by atoms with Crippen molar-refractivity contribution in [2.75, 3.05) is 6.61 Å². The fraction of sp³-hybridized carbons (Fsp3) is 0.833. The first kappa shape index (κ1) is 12.3. The summed E-state index contributed by atoms with van der Waals surface area (Å²) < 4.78 is 0. The van der Waals surface area contributed by atoms with E-state index in [2.05, 4.69) is 0 Å². The largest absolute Gasteiger partial charge is 0.479 e. The van der Waals surface area contributed by atoms with E-state index < -0.39 is 37.0 Å². The first-order chi connectivity index (χ1) is 5.91. The smallest absolute Gasteiger partial charge is 0.335 e. The summed E-state index contributed by atoms with van der Waals surface area (Å²) >= 11 is 0. The van der Waals surface area contributed by atoms with Gasteiger partial charge in [-0.15, -0.1) is 0 Å². The second-order valence-corrected chi connectivity index (χ2v) is 2.51. The molecular formula is C6H12O7. The van der Waals surface area contributed by atoms with Gasteiger partial charge in [0.1, 0.15) is 18.3 Å². The molecule has 0 unspecified atom stereocenters. The first-order valence-corrected chi connectivity index (χ1v) is 3.47. The van der Waals surface area contributed by atoms with Crippen molar-refractivity contribution in [3.05, 3.63) is 0 Å². The summed E-state index contributed by atoms with van der Waals surface area (Å²) in [5.41, 5.74) is 0. The lowest BCUT2D eigenvalue weighted by Crippen LogP contribution is -2.48. The van der Waals surface area contributed by atoms with Crippen molar-refractivity contribution in [3.8, 4) is 0 Å². The second kappa shape index (κ2) is 5.10. The van der Waals surface area contributed by atoms with E-state index >= 15 is 0 Å². The maximum absolute atomic E-state index is 10.1. The van der Waals surface area contributed by atoms with Crippen molar-refractivity contribution in [1.29, 1.82) is 0 Å². The zero-order valence-electron chi connectivity index (χ0n) is 6.61. The van der Waals surface area contributed by atoms with Crippen LogP contribution in [0.25, 0.3) is 0 Å². The molecule has 7 heteroatoms. The van der Waals surface area contributed by atoms with Gasteiger partial charge in [-0.05, 0) is 0 Å². The molecule has 0 rings (SSSR count). The zero-order chi connectivity index (χ0) is 10.6. The summed E-state index contributed by atoms with van der Waals surface area (Å²) in [5, 5.41) is 51.8. The maximum atomic E-state index is 10.1. The van der Waals surface area contributed by atoms with Crippen molar-refractivity contribution >= 4 is 5.97 Å².